The summed E-state index contributed by atoms with van der Waals surface area (Å²) in [6.07, 6.45) is 5.22. The molecule has 0 aliphatic heterocycles. The number of imidazole rings is 1. The van der Waals surface area contributed by atoms with Gasteiger partial charge in [-0.3, -0.25) is 4.79 Å². The van der Waals surface area contributed by atoms with Crippen LogP contribution in [0.5, 0.6) is 11.5 Å². The molecule has 0 saturated heterocycles. The maximum atomic E-state index is 12.8. The fourth-order valence-corrected chi connectivity index (χ4v) is 3.81. The largest absolute Gasteiger partial charge is 0.497 e. The van der Waals surface area contributed by atoms with E-state index >= 15 is 0 Å². The molecule has 0 fully saturated rings. The van der Waals surface area contributed by atoms with Crippen molar-refractivity contribution in [3.05, 3.63) is 71.8 Å². The predicted octanol–water partition coefficient (Wildman–Crippen LogP) is 3.54. The minimum Gasteiger partial charge on any atom is -0.497 e. The normalized spacial score (nSPS) is 12.6. The Kier molecular flexibility index (Phi) is 5.15. The number of benzene rings is 2. The molecule has 0 atom stereocenters. The highest BCUT2D eigenvalue weighted by molar-refractivity contribution is 5.95. The van der Waals surface area contributed by atoms with Crippen molar-refractivity contribution in [2.24, 2.45) is 0 Å². The van der Waals surface area contributed by atoms with Gasteiger partial charge in [-0.1, -0.05) is 0 Å². The van der Waals surface area contributed by atoms with Crippen molar-refractivity contribution < 1.29 is 18.8 Å². The lowest BCUT2D eigenvalue weighted by atomic mass is 10.1. The molecule has 1 aliphatic carbocycles. The van der Waals surface area contributed by atoms with Crippen LogP contribution < -0.4 is 14.0 Å². The van der Waals surface area contributed by atoms with Crippen LogP contribution in [0.4, 0.5) is 0 Å². The first-order chi connectivity index (χ1) is 13.7. The second-order valence-corrected chi connectivity index (χ2v) is 6.94. The van der Waals surface area contributed by atoms with E-state index in [4.69, 9.17) is 9.47 Å². The van der Waals surface area contributed by atoms with Gasteiger partial charge in [0, 0.05) is 18.4 Å². The summed E-state index contributed by atoms with van der Waals surface area (Å²) in [7, 11) is 1.67. The van der Waals surface area contributed by atoms with Crippen molar-refractivity contribution >= 4 is 5.78 Å². The van der Waals surface area contributed by atoms with E-state index in [0.29, 0.717) is 18.7 Å². The number of rotatable bonds is 7. The lowest BCUT2D eigenvalue weighted by Crippen LogP contribution is -2.39. The zero-order chi connectivity index (χ0) is 19.5. The number of aromatic nitrogens is 2. The van der Waals surface area contributed by atoms with Gasteiger partial charge >= 0.3 is 0 Å². The molecule has 0 unspecified atom stereocenters. The van der Waals surface area contributed by atoms with Gasteiger partial charge in [0.05, 0.1) is 13.7 Å². The lowest BCUT2D eigenvalue weighted by Gasteiger charge is -2.04. The topological polar surface area (TPSA) is 44.3 Å². The van der Waals surface area contributed by atoms with E-state index in [1.807, 2.05) is 43.3 Å². The Bertz CT molecular complexity index is 972. The first-order valence-corrected chi connectivity index (χ1v) is 9.72. The molecule has 0 amide bonds. The van der Waals surface area contributed by atoms with Crippen molar-refractivity contribution in [2.45, 2.75) is 32.7 Å². The van der Waals surface area contributed by atoms with Crippen molar-refractivity contribution in [1.82, 2.24) is 4.57 Å². The predicted molar refractivity (Wildman–Crippen MR) is 106 cm³/mol. The van der Waals surface area contributed by atoms with Crippen LogP contribution in [0.15, 0.2) is 54.9 Å². The minimum atomic E-state index is 0.106. The Labute approximate surface area is 165 Å². The third-order valence-electron chi connectivity index (χ3n) is 5.20. The van der Waals surface area contributed by atoms with E-state index in [9.17, 15) is 4.79 Å². The van der Waals surface area contributed by atoms with Crippen LogP contribution in [0.2, 0.25) is 0 Å². The van der Waals surface area contributed by atoms with Gasteiger partial charge in [0.1, 0.15) is 22.9 Å². The van der Waals surface area contributed by atoms with Crippen molar-refractivity contribution in [1.29, 1.82) is 0 Å². The molecule has 0 N–H and O–H groups in total. The van der Waals surface area contributed by atoms with Gasteiger partial charge in [-0.2, -0.15) is 4.57 Å². The number of hydrogen-bond donors (Lipinski definition) is 0. The highest BCUT2D eigenvalue weighted by atomic mass is 16.5. The van der Waals surface area contributed by atoms with E-state index in [1.165, 1.54) is 11.4 Å². The SMILES string of the molecule is CCOc1ccc(C(=O)C[n+]2cn(-c3ccc(OC)cc3)c3c2CCC3)cc1. The molecule has 0 saturated carbocycles. The summed E-state index contributed by atoms with van der Waals surface area (Å²) >= 11 is 0. The summed E-state index contributed by atoms with van der Waals surface area (Å²) in [6, 6.07) is 15.4. The lowest BCUT2D eigenvalue weighted by molar-refractivity contribution is -0.689. The first-order valence-electron chi connectivity index (χ1n) is 9.72. The Morgan fingerprint density at radius 1 is 1.04 bits per heavy atom. The van der Waals surface area contributed by atoms with Gasteiger partial charge in [-0.15, -0.1) is 0 Å². The molecule has 1 heterocycles. The molecule has 0 spiro atoms. The highest BCUT2D eigenvalue weighted by Gasteiger charge is 2.29. The summed E-state index contributed by atoms with van der Waals surface area (Å²) in [4.78, 5) is 12.8. The average molecular weight is 377 g/mol. The van der Waals surface area contributed by atoms with Crippen LogP contribution >= 0.6 is 0 Å². The van der Waals surface area contributed by atoms with Crippen LogP contribution in [0, 0.1) is 0 Å². The smallest absolute Gasteiger partial charge is 0.249 e. The number of carbonyl (C=O) groups excluding carboxylic acids is 1. The number of hydrogen-bond acceptors (Lipinski definition) is 3. The van der Waals surface area contributed by atoms with Crippen LogP contribution in [-0.2, 0) is 19.4 Å². The van der Waals surface area contributed by atoms with E-state index in [0.717, 1.165) is 36.4 Å². The number of carbonyl (C=O) groups is 1. The monoisotopic (exact) mass is 377 g/mol. The molecule has 1 aromatic heterocycles. The van der Waals surface area contributed by atoms with E-state index in [2.05, 4.69) is 27.6 Å². The molecule has 144 valence electrons. The molecular formula is C23H25N2O3+. The van der Waals surface area contributed by atoms with Gasteiger partial charge in [0.25, 0.3) is 0 Å². The molecule has 5 heteroatoms. The second kappa shape index (κ2) is 7.89. The highest BCUT2D eigenvalue weighted by Crippen LogP contribution is 2.24. The molecule has 3 aromatic rings. The molecular weight excluding hydrogens is 352 g/mol. The molecule has 1 aliphatic rings. The van der Waals surface area contributed by atoms with Crippen molar-refractivity contribution in [3.63, 3.8) is 0 Å². The third-order valence-corrected chi connectivity index (χ3v) is 5.20. The Hall–Kier alpha value is -3.08. The first kappa shape index (κ1) is 18.3. The van der Waals surface area contributed by atoms with Gasteiger partial charge in [-0.25, -0.2) is 4.57 Å². The zero-order valence-corrected chi connectivity index (χ0v) is 16.4. The van der Waals surface area contributed by atoms with E-state index in [-0.39, 0.29) is 5.78 Å². The fraction of sp³-hybridized carbons (Fsp3) is 0.304. The molecule has 28 heavy (non-hydrogen) atoms. The minimum absolute atomic E-state index is 0.106. The molecule has 4 rings (SSSR count). The van der Waals surface area contributed by atoms with Gasteiger partial charge in [-0.05, 0) is 61.9 Å². The number of Topliss-reactive ketones (excluding diaryl/α,β-unsaturated/α-hetero) is 1. The Morgan fingerprint density at radius 3 is 2.43 bits per heavy atom. The Morgan fingerprint density at radius 2 is 1.75 bits per heavy atom. The van der Waals surface area contributed by atoms with Crippen molar-refractivity contribution in [2.75, 3.05) is 13.7 Å². The molecule has 0 bridgehead atoms. The maximum absolute atomic E-state index is 12.8. The molecule has 0 radical (unpaired) electrons. The fourth-order valence-electron chi connectivity index (χ4n) is 3.81. The van der Waals surface area contributed by atoms with Crippen LogP contribution in [0.1, 0.15) is 35.1 Å². The Balaban J connectivity index is 1.59. The summed E-state index contributed by atoms with van der Waals surface area (Å²) in [5.41, 5.74) is 4.35. The standard InChI is InChI=1S/C23H25N2O3/c1-3-28-20-11-7-17(8-12-20)23(26)15-24-16-25(22-6-4-5-21(22)24)18-9-13-19(27-2)14-10-18/h7-14,16H,3-6,15H2,1-2H3/q+1. The summed E-state index contributed by atoms with van der Waals surface area (Å²) < 4.78 is 15.0. The summed E-state index contributed by atoms with van der Waals surface area (Å²) in [5.74, 6) is 1.74. The van der Waals surface area contributed by atoms with Crippen LogP contribution in [0.25, 0.3) is 5.69 Å². The molecule has 2 aromatic carbocycles. The zero-order valence-electron chi connectivity index (χ0n) is 16.4. The maximum Gasteiger partial charge on any atom is 0.249 e. The van der Waals surface area contributed by atoms with Crippen LogP contribution in [0.3, 0.4) is 0 Å². The average Bonchev–Trinajstić information content (AvgIpc) is 3.33. The van der Waals surface area contributed by atoms with Crippen LogP contribution in [-0.4, -0.2) is 24.1 Å². The summed E-state index contributed by atoms with van der Waals surface area (Å²) in [5, 5.41) is 0. The quantitative estimate of drug-likeness (QED) is 0.467. The number of nitrogens with zero attached hydrogens (tertiary/aromatic N) is 2. The van der Waals surface area contributed by atoms with Gasteiger partial charge < -0.3 is 9.47 Å². The number of ether oxygens (including phenoxy) is 2. The second-order valence-electron chi connectivity index (χ2n) is 6.94. The summed E-state index contributed by atoms with van der Waals surface area (Å²) in [6.45, 7) is 2.91. The molecule has 5 nitrogen and oxygen atoms in total. The number of methoxy groups -OCH3 is 1. The van der Waals surface area contributed by atoms with E-state index in [1.54, 1.807) is 7.11 Å². The van der Waals surface area contributed by atoms with Gasteiger partial charge in [0.2, 0.25) is 12.1 Å². The number of fused-ring (bicyclic) bond motifs is 1. The van der Waals surface area contributed by atoms with Crippen molar-refractivity contribution in [3.8, 4) is 17.2 Å². The number of ketones is 1. The van der Waals surface area contributed by atoms with E-state index < -0.39 is 0 Å². The third kappa shape index (κ3) is 3.52. The van der Waals surface area contributed by atoms with Gasteiger partial charge in [0.15, 0.2) is 12.2 Å².